The van der Waals surface area contributed by atoms with E-state index in [4.69, 9.17) is 0 Å². The Morgan fingerprint density at radius 1 is 1.19 bits per heavy atom. The number of rotatable bonds is 3. The number of alkyl halides is 3. The average molecular weight is 363 g/mol. The van der Waals surface area contributed by atoms with Crippen LogP contribution in [-0.4, -0.2) is 43.5 Å². The topological polar surface area (TPSA) is 71.2 Å². The molecule has 3 aromatic heterocycles. The lowest BCUT2D eigenvalue weighted by Gasteiger charge is -2.34. The minimum Gasteiger partial charge on any atom is -0.365 e. The van der Waals surface area contributed by atoms with Gasteiger partial charge in [0, 0.05) is 43.9 Å². The largest absolute Gasteiger partial charge is 0.434 e. The zero-order valence-electron chi connectivity index (χ0n) is 13.7. The monoisotopic (exact) mass is 363 g/mol. The molecule has 1 aliphatic heterocycles. The lowest BCUT2D eigenvalue weighted by Crippen LogP contribution is -2.42. The smallest absolute Gasteiger partial charge is 0.365 e. The Bertz CT molecular complexity index is 894. The van der Waals surface area contributed by atoms with E-state index in [0.717, 1.165) is 24.9 Å². The van der Waals surface area contributed by atoms with Gasteiger partial charge in [-0.05, 0) is 18.9 Å². The maximum atomic E-state index is 13.0. The average Bonchev–Trinajstić information content (AvgIpc) is 3.07. The molecule has 4 rings (SSSR count). The SMILES string of the molecule is FC(F)(F)c1cn2ccnc(N3CCCC(Nc4ccncn4)C3)c2n1. The van der Waals surface area contributed by atoms with E-state index in [1.807, 2.05) is 4.90 Å². The van der Waals surface area contributed by atoms with Crippen LogP contribution in [0.3, 0.4) is 0 Å². The van der Waals surface area contributed by atoms with E-state index in [9.17, 15) is 13.2 Å². The van der Waals surface area contributed by atoms with Gasteiger partial charge in [0.1, 0.15) is 12.1 Å². The second-order valence-corrected chi connectivity index (χ2v) is 6.13. The van der Waals surface area contributed by atoms with E-state index in [1.165, 1.54) is 23.1 Å². The Kier molecular flexibility index (Phi) is 4.09. The van der Waals surface area contributed by atoms with Gasteiger partial charge in [0.25, 0.3) is 0 Å². The van der Waals surface area contributed by atoms with Crippen LogP contribution in [0.5, 0.6) is 0 Å². The number of nitrogens with zero attached hydrogens (tertiary/aromatic N) is 6. The molecule has 1 fully saturated rings. The molecule has 0 amide bonds. The molecular formula is C16H16F3N7. The Morgan fingerprint density at radius 2 is 2.08 bits per heavy atom. The summed E-state index contributed by atoms with van der Waals surface area (Å²) < 4.78 is 40.3. The van der Waals surface area contributed by atoms with Gasteiger partial charge < -0.3 is 14.6 Å². The number of fused-ring (bicyclic) bond motifs is 1. The van der Waals surface area contributed by atoms with Crippen molar-refractivity contribution in [2.24, 2.45) is 0 Å². The predicted molar refractivity (Wildman–Crippen MR) is 88.9 cm³/mol. The number of halogens is 3. The van der Waals surface area contributed by atoms with E-state index < -0.39 is 11.9 Å². The van der Waals surface area contributed by atoms with Crippen molar-refractivity contribution < 1.29 is 13.2 Å². The molecule has 0 saturated carbocycles. The van der Waals surface area contributed by atoms with Crippen molar-refractivity contribution in [2.45, 2.75) is 25.1 Å². The number of anilines is 2. The van der Waals surface area contributed by atoms with Crippen molar-refractivity contribution in [1.29, 1.82) is 0 Å². The second kappa shape index (κ2) is 6.43. The standard InChI is InChI=1S/C16H16F3N7/c17-16(18,19)12-9-26-7-5-21-14(15(26)24-12)25-6-1-2-11(8-25)23-13-3-4-20-10-22-13/h3-5,7,9-11H,1-2,6,8H2,(H,20,22,23). The summed E-state index contributed by atoms with van der Waals surface area (Å²) in [4.78, 5) is 18.0. The first-order valence-electron chi connectivity index (χ1n) is 8.19. The first-order chi connectivity index (χ1) is 12.5. The third-order valence-electron chi connectivity index (χ3n) is 4.30. The predicted octanol–water partition coefficient (Wildman–Crippen LogP) is 2.62. The highest BCUT2D eigenvalue weighted by Crippen LogP contribution is 2.31. The molecule has 0 aromatic carbocycles. The molecule has 0 bridgehead atoms. The number of imidazole rings is 1. The van der Waals surface area contributed by atoms with E-state index in [-0.39, 0.29) is 11.7 Å². The lowest BCUT2D eigenvalue weighted by atomic mass is 10.1. The number of aromatic nitrogens is 5. The van der Waals surface area contributed by atoms with Crippen LogP contribution in [0.4, 0.5) is 24.8 Å². The van der Waals surface area contributed by atoms with Gasteiger partial charge in [-0.1, -0.05) is 0 Å². The highest BCUT2D eigenvalue weighted by Gasteiger charge is 2.35. The molecule has 4 heterocycles. The van der Waals surface area contributed by atoms with E-state index in [2.05, 4.69) is 25.3 Å². The van der Waals surface area contributed by atoms with Crippen molar-refractivity contribution in [3.8, 4) is 0 Å². The van der Waals surface area contributed by atoms with Gasteiger partial charge in [0.15, 0.2) is 17.2 Å². The molecule has 136 valence electrons. The molecular weight excluding hydrogens is 347 g/mol. The molecule has 26 heavy (non-hydrogen) atoms. The zero-order valence-corrected chi connectivity index (χ0v) is 13.7. The van der Waals surface area contributed by atoms with Crippen LogP contribution < -0.4 is 10.2 Å². The summed E-state index contributed by atoms with van der Waals surface area (Å²) in [7, 11) is 0. The molecule has 1 N–H and O–H groups in total. The maximum Gasteiger partial charge on any atom is 0.434 e. The number of hydrogen-bond acceptors (Lipinski definition) is 6. The fraction of sp³-hybridized carbons (Fsp3) is 0.375. The van der Waals surface area contributed by atoms with Crippen LogP contribution in [0, 0.1) is 0 Å². The third kappa shape index (κ3) is 3.26. The van der Waals surface area contributed by atoms with Crippen molar-refractivity contribution in [3.63, 3.8) is 0 Å². The van der Waals surface area contributed by atoms with E-state index in [1.54, 1.807) is 12.3 Å². The fourth-order valence-electron chi connectivity index (χ4n) is 3.14. The highest BCUT2D eigenvalue weighted by atomic mass is 19.4. The van der Waals surface area contributed by atoms with Gasteiger partial charge in [-0.15, -0.1) is 0 Å². The van der Waals surface area contributed by atoms with Gasteiger partial charge in [-0.2, -0.15) is 13.2 Å². The number of nitrogens with one attached hydrogen (secondary N) is 1. The number of piperidine rings is 1. The van der Waals surface area contributed by atoms with Gasteiger partial charge >= 0.3 is 6.18 Å². The highest BCUT2D eigenvalue weighted by molar-refractivity contribution is 5.65. The van der Waals surface area contributed by atoms with E-state index in [0.29, 0.717) is 18.9 Å². The van der Waals surface area contributed by atoms with Crippen LogP contribution in [0.1, 0.15) is 18.5 Å². The van der Waals surface area contributed by atoms with Gasteiger partial charge in [-0.25, -0.2) is 19.9 Å². The summed E-state index contributed by atoms with van der Waals surface area (Å²) >= 11 is 0. The van der Waals surface area contributed by atoms with Gasteiger partial charge in [-0.3, -0.25) is 0 Å². The molecule has 0 spiro atoms. The zero-order chi connectivity index (χ0) is 18.1. The van der Waals surface area contributed by atoms with Crippen LogP contribution >= 0.6 is 0 Å². The summed E-state index contributed by atoms with van der Waals surface area (Å²) in [6, 6.07) is 1.89. The minimum absolute atomic E-state index is 0.109. The lowest BCUT2D eigenvalue weighted by molar-refractivity contribution is -0.140. The Hall–Kier alpha value is -2.91. The second-order valence-electron chi connectivity index (χ2n) is 6.13. The van der Waals surface area contributed by atoms with Crippen LogP contribution in [-0.2, 0) is 6.18 Å². The third-order valence-corrected chi connectivity index (χ3v) is 4.30. The van der Waals surface area contributed by atoms with Crippen LogP contribution in [0.2, 0.25) is 0 Å². The molecule has 0 radical (unpaired) electrons. The molecule has 1 unspecified atom stereocenters. The van der Waals surface area contributed by atoms with Gasteiger partial charge in [0.05, 0.1) is 0 Å². The molecule has 1 aliphatic rings. The van der Waals surface area contributed by atoms with Crippen LogP contribution in [0.25, 0.3) is 5.65 Å². The first kappa shape index (κ1) is 16.6. The quantitative estimate of drug-likeness (QED) is 0.771. The van der Waals surface area contributed by atoms with Crippen molar-refractivity contribution in [3.05, 3.63) is 42.9 Å². The molecule has 0 aliphatic carbocycles. The summed E-state index contributed by atoms with van der Waals surface area (Å²) in [5.74, 6) is 1.18. The molecule has 7 nitrogen and oxygen atoms in total. The Morgan fingerprint density at radius 3 is 2.85 bits per heavy atom. The normalized spacial score (nSPS) is 18.3. The van der Waals surface area contributed by atoms with Crippen molar-refractivity contribution >= 4 is 17.3 Å². The van der Waals surface area contributed by atoms with Gasteiger partial charge in [0.2, 0.25) is 0 Å². The fourth-order valence-corrected chi connectivity index (χ4v) is 3.14. The van der Waals surface area contributed by atoms with E-state index >= 15 is 0 Å². The summed E-state index contributed by atoms with van der Waals surface area (Å²) in [6.07, 6.45) is 4.41. The molecule has 3 aromatic rings. The summed E-state index contributed by atoms with van der Waals surface area (Å²) in [5, 5.41) is 3.33. The first-order valence-corrected chi connectivity index (χ1v) is 8.19. The molecule has 10 heteroatoms. The maximum absolute atomic E-state index is 13.0. The summed E-state index contributed by atoms with van der Waals surface area (Å²) in [5.41, 5.74) is -0.707. The number of hydrogen-bond donors (Lipinski definition) is 1. The van der Waals surface area contributed by atoms with Crippen molar-refractivity contribution in [2.75, 3.05) is 23.3 Å². The Labute approximate surface area is 146 Å². The minimum atomic E-state index is -4.48. The molecule has 1 atom stereocenters. The summed E-state index contributed by atoms with van der Waals surface area (Å²) in [6.45, 7) is 1.31. The Balaban J connectivity index is 1.59. The van der Waals surface area contributed by atoms with Crippen LogP contribution in [0.15, 0.2) is 37.2 Å². The molecule has 1 saturated heterocycles. The van der Waals surface area contributed by atoms with Crippen molar-refractivity contribution in [1.82, 2.24) is 24.3 Å².